The van der Waals surface area contributed by atoms with E-state index in [1.54, 1.807) is 0 Å². The first-order chi connectivity index (χ1) is 10.8. The van der Waals surface area contributed by atoms with Crippen LogP contribution in [0.15, 0.2) is 36.7 Å². The first-order valence-corrected chi connectivity index (χ1v) is 6.41. The van der Waals surface area contributed by atoms with Crippen LogP contribution >= 0.6 is 11.6 Å². The molecule has 1 heterocycles. The normalized spacial score (nSPS) is 11.0. The van der Waals surface area contributed by atoms with Crippen molar-refractivity contribution in [1.29, 1.82) is 0 Å². The molecule has 1 aromatic heterocycles. The summed E-state index contributed by atoms with van der Waals surface area (Å²) < 4.78 is 38.7. The zero-order valence-corrected chi connectivity index (χ0v) is 11.9. The fourth-order valence-electron chi connectivity index (χ4n) is 1.56. The van der Waals surface area contributed by atoms with Crippen molar-refractivity contribution in [2.24, 2.45) is 0 Å². The largest absolute Gasteiger partial charge is 0.418 e. The number of nitrogens with zero attached hydrogens (tertiary/aromatic N) is 2. The Morgan fingerprint density at radius 2 is 1.65 bits per heavy atom. The molecule has 2 aromatic rings. The molecule has 1 aromatic carbocycles. The minimum absolute atomic E-state index is 0.153. The molecule has 0 saturated carbocycles. The van der Waals surface area contributed by atoms with E-state index in [4.69, 9.17) is 11.6 Å². The highest BCUT2D eigenvalue weighted by Crippen LogP contribution is 2.36. The third-order valence-corrected chi connectivity index (χ3v) is 2.77. The van der Waals surface area contributed by atoms with Crippen molar-refractivity contribution in [1.82, 2.24) is 9.97 Å². The van der Waals surface area contributed by atoms with Gasteiger partial charge in [-0.1, -0.05) is 11.6 Å². The lowest BCUT2D eigenvalue weighted by Gasteiger charge is -2.13. The van der Waals surface area contributed by atoms with Gasteiger partial charge in [0.25, 0.3) is 0 Å². The van der Waals surface area contributed by atoms with E-state index in [2.05, 4.69) is 15.3 Å². The number of hydrogen-bond donors (Lipinski definition) is 2. The van der Waals surface area contributed by atoms with E-state index in [0.29, 0.717) is 6.07 Å². The van der Waals surface area contributed by atoms with Crippen LogP contribution in [0, 0.1) is 0 Å². The van der Waals surface area contributed by atoms with Gasteiger partial charge in [0.05, 0.1) is 11.3 Å². The molecule has 0 aliphatic heterocycles. The average Bonchev–Trinajstić information content (AvgIpc) is 2.49. The zero-order valence-electron chi connectivity index (χ0n) is 11.2. The molecular formula is C13H8ClF3N4O2. The van der Waals surface area contributed by atoms with Gasteiger partial charge in [0.1, 0.15) is 0 Å². The molecule has 0 spiro atoms. The third-order valence-electron chi connectivity index (χ3n) is 2.53. The van der Waals surface area contributed by atoms with Crippen LogP contribution in [0.4, 0.5) is 24.8 Å². The summed E-state index contributed by atoms with van der Waals surface area (Å²) in [5.74, 6) is -2.66. The number of rotatable bonds is 2. The van der Waals surface area contributed by atoms with E-state index in [1.165, 1.54) is 18.5 Å². The smallest absolute Gasteiger partial charge is 0.317 e. The zero-order chi connectivity index (χ0) is 17.0. The third kappa shape index (κ3) is 4.39. The molecule has 6 nitrogen and oxygen atoms in total. The topological polar surface area (TPSA) is 84.0 Å². The second kappa shape index (κ2) is 6.61. The van der Waals surface area contributed by atoms with E-state index in [1.807, 2.05) is 5.32 Å². The Morgan fingerprint density at radius 1 is 1.04 bits per heavy atom. The van der Waals surface area contributed by atoms with Crippen molar-refractivity contribution in [3.8, 4) is 0 Å². The van der Waals surface area contributed by atoms with Gasteiger partial charge >= 0.3 is 18.0 Å². The molecule has 2 rings (SSSR count). The summed E-state index contributed by atoms with van der Waals surface area (Å²) in [6.07, 6.45) is -2.10. The number of carbonyl (C=O) groups excluding carboxylic acids is 2. The Labute approximate surface area is 132 Å². The lowest BCUT2D eigenvalue weighted by molar-refractivity contribution is -0.137. The van der Waals surface area contributed by atoms with E-state index >= 15 is 0 Å². The van der Waals surface area contributed by atoms with Crippen LogP contribution in [-0.2, 0) is 15.8 Å². The number of amides is 2. The minimum Gasteiger partial charge on any atom is -0.317 e. The highest BCUT2D eigenvalue weighted by molar-refractivity contribution is 6.43. The summed E-state index contributed by atoms with van der Waals surface area (Å²) in [5.41, 5.74) is -1.75. The highest BCUT2D eigenvalue weighted by atomic mass is 35.5. The van der Waals surface area contributed by atoms with Gasteiger partial charge in [-0.15, -0.1) is 0 Å². The molecule has 0 radical (unpaired) electrons. The second-order valence-corrected chi connectivity index (χ2v) is 4.60. The fourth-order valence-corrected chi connectivity index (χ4v) is 1.73. The SMILES string of the molecule is O=C(Nc1ncccn1)C(=O)Nc1ccc(Cl)cc1C(F)(F)F. The van der Waals surface area contributed by atoms with Crippen molar-refractivity contribution in [2.45, 2.75) is 6.18 Å². The molecule has 0 atom stereocenters. The quantitative estimate of drug-likeness (QED) is 0.820. The van der Waals surface area contributed by atoms with Gasteiger partial charge in [0.2, 0.25) is 5.95 Å². The standard InChI is InChI=1S/C13H8ClF3N4O2/c14-7-2-3-9(8(6-7)13(15,16)17)20-10(22)11(23)21-12-18-4-1-5-19-12/h1-6H,(H,20,22)(H,18,19,21,23). The van der Waals surface area contributed by atoms with Gasteiger partial charge in [0.15, 0.2) is 0 Å². The Hall–Kier alpha value is -2.68. The molecular weight excluding hydrogens is 337 g/mol. The van der Waals surface area contributed by atoms with Crippen LogP contribution in [-0.4, -0.2) is 21.8 Å². The van der Waals surface area contributed by atoms with Gasteiger partial charge < -0.3 is 5.32 Å². The molecule has 2 amide bonds. The first-order valence-electron chi connectivity index (χ1n) is 6.03. The molecule has 0 saturated heterocycles. The van der Waals surface area contributed by atoms with Crippen molar-refractivity contribution in [2.75, 3.05) is 10.6 Å². The predicted molar refractivity (Wildman–Crippen MR) is 75.7 cm³/mol. The van der Waals surface area contributed by atoms with Gasteiger partial charge in [-0.2, -0.15) is 13.2 Å². The van der Waals surface area contributed by atoms with Gasteiger partial charge in [0, 0.05) is 17.4 Å². The average molecular weight is 345 g/mol. The molecule has 0 unspecified atom stereocenters. The van der Waals surface area contributed by atoms with Crippen molar-refractivity contribution >= 4 is 35.1 Å². The number of hydrogen-bond acceptors (Lipinski definition) is 4. The Balaban J connectivity index is 2.16. The molecule has 0 bridgehead atoms. The minimum atomic E-state index is -4.74. The van der Waals surface area contributed by atoms with E-state index in [9.17, 15) is 22.8 Å². The maximum Gasteiger partial charge on any atom is 0.418 e. The summed E-state index contributed by atoms with van der Waals surface area (Å²) in [4.78, 5) is 30.6. The number of anilines is 2. The van der Waals surface area contributed by atoms with E-state index in [-0.39, 0.29) is 11.0 Å². The molecule has 0 aliphatic carbocycles. The first kappa shape index (κ1) is 16.7. The monoisotopic (exact) mass is 344 g/mol. The summed E-state index contributed by atoms with van der Waals surface area (Å²) in [6, 6.07) is 4.24. The Bertz CT molecular complexity index is 738. The lowest BCUT2D eigenvalue weighted by Crippen LogP contribution is -2.30. The highest BCUT2D eigenvalue weighted by Gasteiger charge is 2.34. The lowest BCUT2D eigenvalue weighted by atomic mass is 10.1. The number of carbonyl (C=O) groups is 2. The van der Waals surface area contributed by atoms with Crippen LogP contribution in [0.5, 0.6) is 0 Å². The molecule has 120 valence electrons. The van der Waals surface area contributed by atoms with Crippen molar-refractivity contribution in [3.05, 3.63) is 47.2 Å². The number of aromatic nitrogens is 2. The fraction of sp³-hybridized carbons (Fsp3) is 0.0769. The number of halogens is 4. The Morgan fingerprint density at radius 3 is 2.26 bits per heavy atom. The summed E-state index contributed by atoms with van der Waals surface area (Å²) in [5, 5.41) is 3.78. The Kier molecular flexibility index (Phi) is 4.80. The summed E-state index contributed by atoms with van der Waals surface area (Å²) >= 11 is 5.52. The molecule has 0 fully saturated rings. The van der Waals surface area contributed by atoms with Crippen molar-refractivity contribution < 1.29 is 22.8 Å². The van der Waals surface area contributed by atoms with E-state index < -0.39 is 29.2 Å². The van der Waals surface area contributed by atoms with Gasteiger partial charge in [-0.05, 0) is 24.3 Å². The van der Waals surface area contributed by atoms with Crippen LogP contribution in [0.1, 0.15) is 5.56 Å². The van der Waals surface area contributed by atoms with Crippen LogP contribution in [0.2, 0.25) is 5.02 Å². The molecule has 0 aliphatic rings. The van der Waals surface area contributed by atoms with Gasteiger partial charge in [-0.3, -0.25) is 14.9 Å². The predicted octanol–water partition coefficient (Wildman–Crippen LogP) is 2.73. The number of nitrogens with one attached hydrogen (secondary N) is 2. The summed E-state index contributed by atoms with van der Waals surface area (Å²) in [7, 11) is 0. The second-order valence-electron chi connectivity index (χ2n) is 4.17. The summed E-state index contributed by atoms with van der Waals surface area (Å²) in [6.45, 7) is 0. The maximum atomic E-state index is 12.9. The maximum absolute atomic E-state index is 12.9. The number of alkyl halides is 3. The number of benzene rings is 1. The van der Waals surface area contributed by atoms with Crippen LogP contribution in [0.3, 0.4) is 0 Å². The molecule has 2 N–H and O–H groups in total. The van der Waals surface area contributed by atoms with Gasteiger partial charge in [-0.25, -0.2) is 9.97 Å². The van der Waals surface area contributed by atoms with Crippen LogP contribution in [0.25, 0.3) is 0 Å². The molecule has 23 heavy (non-hydrogen) atoms. The molecule has 10 heteroatoms. The van der Waals surface area contributed by atoms with Crippen molar-refractivity contribution in [3.63, 3.8) is 0 Å². The van der Waals surface area contributed by atoms with Crippen LogP contribution < -0.4 is 10.6 Å². The van der Waals surface area contributed by atoms with E-state index in [0.717, 1.165) is 12.1 Å².